The molecule has 0 spiro atoms. The number of para-hydroxylation sites is 1. The molecule has 100 valence electrons. The van der Waals surface area contributed by atoms with E-state index in [4.69, 9.17) is 0 Å². The van der Waals surface area contributed by atoms with Gasteiger partial charge in [-0.25, -0.2) is 4.79 Å². The van der Waals surface area contributed by atoms with Gasteiger partial charge in [0.1, 0.15) is 5.69 Å². The van der Waals surface area contributed by atoms with Crippen LogP contribution in [0.2, 0.25) is 0 Å². The molecule has 0 bridgehead atoms. The summed E-state index contributed by atoms with van der Waals surface area (Å²) in [7, 11) is 1.09. The molecule has 0 saturated heterocycles. The quantitative estimate of drug-likeness (QED) is 0.671. The fraction of sp³-hybridized carbons (Fsp3) is 0.154. The molecular formula is C13H10F3NO2. The van der Waals surface area contributed by atoms with Crippen molar-refractivity contribution in [2.75, 3.05) is 7.11 Å². The van der Waals surface area contributed by atoms with Crippen molar-refractivity contribution >= 4 is 22.4 Å². The number of carbonyl (C=O) groups is 1. The highest BCUT2D eigenvalue weighted by atomic mass is 19.4. The summed E-state index contributed by atoms with van der Waals surface area (Å²) in [5.74, 6) is -0.893. The van der Waals surface area contributed by atoms with Gasteiger partial charge >= 0.3 is 12.1 Å². The van der Waals surface area contributed by atoms with E-state index in [9.17, 15) is 18.0 Å². The van der Waals surface area contributed by atoms with Gasteiger partial charge in [-0.1, -0.05) is 24.8 Å². The molecule has 2 aromatic rings. The first kappa shape index (κ1) is 13.2. The van der Waals surface area contributed by atoms with Gasteiger partial charge in [0, 0.05) is 16.5 Å². The van der Waals surface area contributed by atoms with Crippen LogP contribution < -0.4 is 0 Å². The lowest BCUT2D eigenvalue weighted by Crippen LogP contribution is -2.11. The number of benzene rings is 1. The number of rotatable bonds is 2. The third-order valence-electron chi connectivity index (χ3n) is 2.72. The van der Waals surface area contributed by atoms with E-state index in [-0.39, 0.29) is 22.0 Å². The zero-order chi connectivity index (χ0) is 14.2. The fourth-order valence-corrected chi connectivity index (χ4v) is 1.89. The number of aromatic amines is 1. The molecule has 3 nitrogen and oxygen atoms in total. The van der Waals surface area contributed by atoms with E-state index < -0.39 is 17.8 Å². The Morgan fingerprint density at radius 1 is 1.32 bits per heavy atom. The molecule has 6 heteroatoms. The van der Waals surface area contributed by atoms with Gasteiger partial charge in [-0.2, -0.15) is 13.2 Å². The predicted molar refractivity (Wildman–Crippen MR) is 64.4 cm³/mol. The lowest BCUT2D eigenvalue weighted by Gasteiger charge is -2.09. The monoisotopic (exact) mass is 269 g/mol. The zero-order valence-corrected chi connectivity index (χ0v) is 9.97. The number of esters is 1. The molecule has 0 aliphatic carbocycles. The Balaban J connectivity index is 2.75. The lowest BCUT2D eigenvalue weighted by molar-refractivity contribution is -0.140. The maximum Gasteiger partial charge on any atom is 0.431 e. The minimum absolute atomic E-state index is 0.269. The van der Waals surface area contributed by atoms with Crippen LogP contribution in [-0.2, 0) is 15.7 Å². The first-order valence-electron chi connectivity index (χ1n) is 5.31. The van der Waals surface area contributed by atoms with Crippen molar-refractivity contribution in [2.24, 2.45) is 0 Å². The zero-order valence-electron chi connectivity index (χ0n) is 9.97. The molecule has 2 rings (SSSR count). The summed E-state index contributed by atoms with van der Waals surface area (Å²) in [5.41, 5.74) is -1.30. The largest absolute Gasteiger partial charge is 0.465 e. The summed E-state index contributed by atoms with van der Waals surface area (Å²) >= 11 is 0. The summed E-state index contributed by atoms with van der Waals surface area (Å²) in [5, 5.41) is 0.283. The standard InChI is InChI=1S/C13H10F3NO2/c1-7(12(18)19-2)10-8-5-3-4-6-9(8)17-11(10)13(14,15)16/h3-6,17H,1H2,2H3. The number of alkyl halides is 3. The van der Waals surface area contributed by atoms with Gasteiger partial charge < -0.3 is 9.72 Å². The highest BCUT2D eigenvalue weighted by Gasteiger charge is 2.38. The van der Waals surface area contributed by atoms with Crippen molar-refractivity contribution in [1.82, 2.24) is 4.98 Å². The number of hydrogen-bond acceptors (Lipinski definition) is 2. The van der Waals surface area contributed by atoms with Gasteiger partial charge in [-0.3, -0.25) is 0 Å². The van der Waals surface area contributed by atoms with Crippen LogP contribution in [0.4, 0.5) is 13.2 Å². The van der Waals surface area contributed by atoms with Crippen molar-refractivity contribution in [3.63, 3.8) is 0 Å². The number of methoxy groups -OCH3 is 1. The Bertz CT molecular complexity index is 655. The second kappa shape index (κ2) is 4.46. The molecule has 0 unspecified atom stereocenters. The first-order valence-corrected chi connectivity index (χ1v) is 5.31. The third kappa shape index (κ3) is 2.21. The molecule has 1 N–H and O–H groups in total. The third-order valence-corrected chi connectivity index (χ3v) is 2.72. The number of hydrogen-bond donors (Lipinski definition) is 1. The SMILES string of the molecule is C=C(C(=O)OC)c1c(C(F)(F)F)[nH]c2ccccc12. The Hall–Kier alpha value is -2.24. The van der Waals surface area contributed by atoms with Crippen LogP contribution in [0.25, 0.3) is 16.5 Å². The second-order valence-electron chi connectivity index (χ2n) is 3.89. The van der Waals surface area contributed by atoms with Gasteiger partial charge in [-0.05, 0) is 6.07 Å². The van der Waals surface area contributed by atoms with Gasteiger partial charge in [0.15, 0.2) is 0 Å². The van der Waals surface area contributed by atoms with Crippen LogP contribution in [0, 0.1) is 0 Å². The lowest BCUT2D eigenvalue weighted by atomic mass is 10.0. The van der Waals surface area contributed by atoms with E-state index in [1.165, 1.54) is 12.1 Å². The molecule has 0 aliphatic heterocycles. The van der Waals surface area contributed by atoms with Crippen molar-refractivity contribution in [3.05, 3.63) is 42.1 Å². The van der Waals surface area contributed by atoms with Crippen molar-refractivity contribution in [2.45, 2.75) is 6.18 Å². The van der Waals surface area contributed by atoms with Crippen LogP contribution in [0.1, 0.15) is 11.3 Å². The van der Waals surface area contributed by atoms with Crippen LogP contribution in [0.3, 0.4) is 0 Å². The highest BCUT2D eigenvalue weighted by Crippen LogP contribution is 2.38. The average molecular weight is 269 g/mol. The summed E-state index contributed by atoms with van der Waals surface area (Å²) < 4.78 is 43.4. The number of aromatic nitrogens is 1. The molecule has 0 aliphatic rings. The van der Waals surface area contributed by atoms with E-state index >= 15 is 0 Å². The number of halogens is 3. The maximum absolute atomic E-state index is 13.0. The number of ether oxygens (including phenoxy) is 1. The van der Waals surface area contributed by atoms with Crippen molar-refractivity contribution < 1.29 is 22.7 Å². The van der Waals surface area contributed by atoms with E-state index in [1.54, 1.807) is 12.1 Å². The van der Waals surface area contributed by atoms with E-state index in [2.05, 4.69) is 16.3 Å². The topological polar surface area (TPSA) is 42.1 Å². The van der Waals surface area contributed by atoms with Crippen LogP contribution >= 0.6 is 0 Å². The maximum atomic E-state index is 13.0. The minimum atomic E-state index is -4.61. The molecule has 1 aromatic carbocycles. The second-order valence-corrected chi connectivity index (χ2v) is 3.89. The predicted octanol–water partition coefficient (Wildman–Crippen LogP) is 3.37. The Morgan fingerprint density at radius 2 is 1.95 bits per heavy atom. The van der Waals surface area contributed by atoms with Crippen LogP contribution in [0.15, 0.2) is 30.8 Å². The molecule has 0 saturated carbocycles. The molecule has 1 aromatic heterocycles. The van der Waals surface area contributed by atoms with Crippen LogP contribution in [0.5, 0.6) is 0 Å². The number of nitrogens with one attached hydrogen (secondary N) is 1. The summed E-state index contributed by atoms with van der Waals surface area (Å²) in [6.45, 7) is 3.40. The van der Waals surface area contributed by atoms with Gasteiger partial charge in [-0.15, -0.1) is 0 Å². The van der Waals surface area contributed by atoms with E-state index in [0.717, 1.165) is 7.11 Å². The molecule has 0 atom stereocenters. The Labute approximate surface area is 106 Å². The molecule has 19 heavy (non-hydrogen) atoms. The smallest absolute Gasteiger partial charge is 0.431 e. The number of carbonyl (C=O) groups excluding carboxylic acids is 1. The van der Waals surface area contributed by atoms with Crippen molar-refractivity contribution in [3.8, 4) is 0 Å². The normalized spacial score (nSPS) is 11.6. The molecule has 0 fully saturated rings. The van der Waals surface area contributed by atoms with Gasteiger partial charge in [0.05, 0.1) is 12.7 Å². The molecule has 0 radical (unpaired) electrons. The first-order chi connectivity index (χ1) is 8.86. The molecule has 0 amide bonds. The molecule has 1 heterocycles. The Kier molecular flexibility index (Phi) is 3.09. The van der Waals surface area contributed by atoms with Crippen LogP contribution in [-0.4, -0.2) is 18.1 Å². The Morgan fingerprint density at radius 3 is 2.53 bits per heavy atom. The van der Waals surface area contributed by atoms with Gasteiger partial charge in [0.25, 0.3) is 0 Å². The van der Waals surface area contributed by atoms with E-state index in [1.807, 2.05) is 0 Å². The van der Waals surface area contributed by atoms with Crippen molar-refractivity contribution in [1.29, 1.82) is 0 Å². The number of fused-ring (bicyclic) bond motifs is 1. The summed E-state index contributed by atoms with van der Waals surface area (Å²) in [6.07, 6.45) is -4.61. The van der Waals surface area contributed by atoms with Gasteiger partial charge in [0.2, 0.25) is 0 Å². The fourth-order valence-electron chi connectivity index (χ4n) is 1.89. The summed E-state index contributed by atoms with van der Waals surface area (Å²) in [4.78, 5) is 13.7. The highest BCUT2D eigenvalue weighted by molar-refractivity contribution is 6.20. The summed E-state index contributed by atoms with van der Waals surface area (Å²) in [6, 6.07) is 6.18. The number of H-pyrrole nitrogens is 1. The minimum Gasteiger partial charge on any atom is -0.465 e. The van der Waals surface area contributed by atoms with E-state index in [0.29, 0.717) is 0 Å². The molecular weight excluding hydrogens is 259 g/mol. The average Bonchev–Trinajstić information content (AvgIpc) is 2.76.